The Morgan fingerprint density at radius 3 is 2.30 bits per heavy atom. The summed E-state index contributed by atoms with van der Waals surface area (Å²) in [7, 11) is 0. The van der Waals surface area contributed by atoms with E-state index in [0.29, 0.717) is 18.8 Å². The minimum atomic E-state index is -3.00. The average molecular weight is 445 g/mol. The molecule has 30 heavy (non-hydrogen) atoms. The van der Waals surface area contributed by atoms with Gasteiger partial charge in [-0.05, 0) is 39.3 Å². The Kier molecular flexibility index (Phi) is 6.84. The van der Waals surface area contributed by atoms with Crippen molar-refractivity contribution < 1.29 is 23.1 Å². The molecule has 0 spiro atoms. The van der Waals surface area contributed by atoms with Crippen LogP contribution >= 0.6 is 11.6 Å². The molecule has 0 radical (unpaired) electrons. The van der Waals surface area contributed by atoms with Crippen LogP contribution in [0.3, 0.4) is 0 Å². The van der Waals surface area contributed by atoms with Gasteiger partial charge in [-0.2, -0.15) is 8.78 Å². The van der Waals surface area contributed by atoms with Crippen LogP contribution in [-0.4, -0.2) is 72.0 Å². The van der Waals surface area contributed by atoms with E-state index in [2.05, 4.69) is 25.2 Å². The predicted octanol–water partition coefficient (Wildman–Crippen LogP) is 2.55. The van der Waals surface area contributed by atoms with E-state index < -0.39 is 6.61 Å². The van der Waals surface area contributed by atoms with Crippen molar-refractivity contribution in [2.24, 2.45) is 0 Å². The van der Waals surface area contributed by atoms with Crippen LogP contribution in [0.4, 0.5) is 14.5 Å². The largest absolute Gasteiger partial charge is 0.433 e. The molecule has 0 unspecified atom stereocenters. The third-order valence-corrected chi connectivity index (χ3v) is 5.42. The Hall–Kier alpha value is -1.97. The topological polar surface area (TPSA) is 73.9 Å². The maximum absolute atomic E-state index is 12.4. The summed E-state index contributed by atoms with van der Waals surface area (Å²) in [5.41, 5.74) is 0.0758. The van der Waals surface area contributed by atoms with E-state index in [1.54, 1.807) is 0 Å². The molecule has 3 rings (SSSR count). The Morgan fingerprint density at radius 2 is 1.77 bits per heavy atom. The van der Waals surface area contributed by atoms with Gasteiger partial charge >= 0.3 is 6.61 Å². The average Bonchev–Trinajstić information content (AvgIpc) is 3.15. The molecule has 0 aromatic heterocycles. The van der Waals surface area contributed by atoms with Crippen LogP contribution in [0.5, 0.6) is 5.75 Å². The van der Waals surface area contributed by atoms with Gasteiger partial charge in [-0.3, -0.25) is 19.4 Å². The van der Waals surface area contributed by atoms with Gasteiger partial charge in [0.2, 0.25) is 11.8 Å². The molecule has 2 saturated heterocycles. The lowest BCUT2D eigenvalue weighted by atomic mass is 10.1. The molecule has 2 aliphatic rings. The number of hydrogen-bond acceptors (Lipinski definition) is 5. The zero-order chi connectivity index (χ0) is 22.1. The highest BCUT2D eigenvalue weighted by molar-refractivity contribution is 6.32. The van der Waals surface area contributed by atoms with Crippen LogP contribution in [0.15, 0.2) is 18.2 Å². The number of likely N-dealkylation sites (tertiary alicyclic amines) is 2. The molecule has 2 N–H and O–H groups in total. The fourth-order valence-electron chi connectivity index (χ4n) is 4.01. The van der Waals surface area contributed by atoms with E-state index >= 15 is 0 Å². The molecule has 2 aliphatic heterocycles. The number of benzene rings is 1. The summed E-state index contributed by atoms with van der Waals surface area (Å²) in [6.45, 7) is 4.85. The highest BCUT2D eigenvalue weighted by Gasteiger charge is 2.44. The monoisotopic (exact) mass is 444 g/mol. The zero-order valence-corrected chi connectivity index (χ0v) is 18.0. The molecule has 166 valence electrons. The van der Waals surface area contributed by atoms with Gasteiger partial charge in [-0.1, -0.05) is 11.6 Å². The number of fused-ring (bicyclic) bond motifs is 2. The molecule has 2 fully saturated rings. The van der Waals surface area contributed by atoms with E-state index in [1.165, 1.54) is 18.2 Å². The lowest BCUT2D eigenvalue weighted by Gasteiger charge is -2.34. The first-order valence-corrected chi connectivity index (χ1v) is 10.2. The Balaban J connectivity index is 1.49. The van der Waals surface area contributed by atoms with Gasteiger partial charge in [-0.15, -0.1) is 0 Å². The maximum Gasteiger partial charge on any atom is 0.387 e. The van der Waals surface area contributed by atoms with Gasteiger partial charge in [0.1, 0.15) is 5.75 Å². The molecule has 0 saturated carbocycles. The summed E-state index contributed by atoms with van der Waals surface area (Å²) in [6.07, 6.45) is 0.920. The number of amides is 2. The van der Waals surface area contributed by atoms with Crippen molar-refractivity contribution in [1.29, 1.82) is 0 Å². The molecule has 0 aliphatic carbocycles. The van der Waals surface area contributed by atoms with Gasteiger partial charge in [0.05, 0.1) is 18.1 Å². The summed E-state index contributed by atoms with van der Waals surface area (Å²) in [5, 5.41) is 5.71. The number of ether oxygens (including phenoxy) is 1. The molecule has 1 aromatic carbocycles. The van der Waals surface area contributed by atoms with E-state index in [1.807, 2.05) is 20.8 Å². The predicted molar refractivity (Wildman–Crippen MR) is 110 cm³/mol. The van der Waals surface area contributed by atoms with Crippen LogP contribution < -0.4 is 15.4 Å². The lowest BCUT2D eigenvalue weighted by Crippen LogP contribution is -2.52. The van der Waals surface area contributed by atoms with Crippen molar-refractivity contribution >= 4 is 29.1 Å². The first-order valence-electron chi connectivity index (χ1n) is 9.83. The van der Waals surface area contributed by atoms with Gasteiger partial charge in [0.15, 0.2) is 0 Å². The second kappa shape index (κ2) is 9.03. The smallest absolute Gasteiger partial charge is 0.387 e. The molecule has 2 atom stereocenters. The fraction of sp³-hybridized carbons (Fsp3) is 0.600. The molecule has 2 bridgehead atoms. The number of rotatable bonds is 7. The Labute approximate surface area is 179 Å². The summed E-state index contributed by atoms with van der Waals surface area (Å²) < 4.78 is 29.2. The minimum absolute atomic E-state index is 0.00361. The molecule has 7 nitrogen and oxygen atoms in total. The third-order valence-electron chi connectivity index (χ3n) is 5.11. The molecule has 2 amide bonds. The summed E-state index contributed by atoms with van der Waals surface area (Å²) in [6, 6.07) is 4.66. The van der Waals surface area contributed by atoms with E-state index in [-0.39, 0.29) is 46.8 Å². The van der Waals surface area contributed by atoms with Crippen molar-refractivity contribution in [3.05, 3.63) is 23.2 Å². The number of nitrogens with one attached hydrogen (secondary N) is 2. The Morgan fingerprint density at radius 1 is 1.17 bits per heavy atom. The number of alkyl halides is 2. The van der Waals surface area contributed by atoms with E-state index in [4.69, 9.17) is 11.6 Å². The number of piperazine rings is 1. The van der Waals surface area contributed by atoms with Crippen molar-refractivity contribution in [3.8, 4) is 5.75 Å². The summed E-state index contributed by atoms with van der Waals surface area (Å²) >= 11 is 5.83. The number of halogens is 3. The first kappa shape index (κ1) is 22.7. The fourth-order valence-corrected chi connectivity index (χ4v) is 4.18. The standard InChI is InChI=1S/C20H27ClF2N4O3/c1-20(2,3)25-18(29)11-27-9-13-7-14(27)8-26(13)10-17(28)24-12-4-5-15(21)16(6-12)30-19(22)23/h4-6,13-14,19H,7-11H2,1-3H3,(H,24,28)(H,25,29)/t13-,14-/m0/s1. The molecular formula is C20H27ClF2N4O3. The Bertz CT molecular complexity index is 803. The summed E-state index contributed by atoms with van der Waals surface area (Å²) in [4.78, 5) is 28.8. The number of hydrogen-bond donors (Lipinski definition) is 2. The van der Waals surface area contributed by atoms with Crippen LogP contribution in [-0.2, 0) is 9.59 Å². The van der Waals surface area contributed by atoms with E-state index in [9.17, 15) is 18.4 Å². The van der Waals surface area contributed by atoms with Crippen LogP contribution in [0.25, 0.3) is 0 Å². The van der Waals surface area contributed by atoms with E-state index in [0.717, 1.165) is 13.0 Å². The van der Waals surface area contributed by atoms with Crippen molar-refractivity contribution in [3.63, 3.8) is 0 Å². The van der Waals surface area contributed by atoms with Gasteiger partial charge in [-0.25, -0.2) is 0 Å². The third kappa shape index (κ3) is 6.02. The molecule has 10 heteroatoms. The number of nitrogens with zero attached hydrogens (tertiary/aromatic N) is 2. The van der Waals surface area contributed by atoms with Crippen molar-refractivity contribution in [2.75, 3.05) is 31.5 Å². The van der Waals surface area contributed by atoms with Crippen LogP contribution in [0.2, 0.25) is 5.02 Å². The van der Waals surface area contributed by atoms with Gasteiger partial charge in [0.25, 0.3) is 0 Å². The van der Waals surface area contributed by atoms with Crippen LogP contribution in [0.1, 0.15) is 27.2 Å². The second-order valence-electron chi connectivity index (χ2n) is 8.77. The highest BCUT2D eigenvalue weighted by atomic mass is 35.5. The lowest BCUT2D eigenvalue weighted by molar-refractivity contribution is -0.124. The number of anilines is 1. The molecular weight excluding hydrogens is 418 g/mol. The van der Waals surface area contributed by atoms with Gasteiger partial charge < -0.3 is 15.4 Å². The van der Waals surface area contributed by atoms with Crippen molar-refractivity contribution in [1.82, 2.24) is 15.1 Å². The highest BCUT2D eigenvalue weighted by Crippen LogP contribution is 2.31. The maximum atomic E-state index is 12.4. The van der Waals surface area contributed by atoms with Crippen molar-refractivity contribution in [2.45, 2.75) is 51.4 Å². The zero-order valence-electron chi connectivity index (χ0n) is 17.3. The van der Waals surface area contributed by atoms with Gasteiger partial charge in [0, 0.05) is 42.5 Å². The van der Waals surface area contributed by atoms with Crippen LogP contribution in [0, 0.1) is 0 Å². The minimum Gasteiger partial charge on any atom is -0.433 e. The number of carbonyl (C=O) groups is 2. The first-order chi connectivity index (χ1) is 14.0. The number of carbonyl (C=O) groups excluding carboxylic acids is 2. The quantitative estimate of drug-likeness (QED) is 0.676. The second-order valence-corrected chi connectivity index (χ2v) is 9.18. The molecule has 1 aromatic rings. The molecule has 2 heterocycles. The summed E-state index contributed by atoms with van der Waals surface area (Å²) in [5.74, 6) is -0.428. The SMILES string of the molecule is CC(C)(C)NC(=O)CN1C[C@@H]2C[C@H]1CN2CC(=O)Nc1ccc(Cl)c(OC(F)F)c1. The normalized spacial score (nSPS) is 21.8.